The Hall–Kier alpha value is -2.82. The molecular weight excluding hydrogens is 326 g/mol. The lowest BCUT2D eigenvalue weighted by molar-refractivity contribution is -0.117. The lowest BCUT2D eigenvalue weighted by Gasteiger charge is -2.23. The van der Waals surface area contributed by atoms with E-state index < -0.39 is 0 Å². The molecule has 0 aliphatic carbocycles. The molecule has 2 rings (SSSR count). The van der Waals surface area contributed by atoms with E-state index in [1.54, 1.807) is 4.90 Å². The van der Waals surface area contributed by atoms with Crippen LogP contribution < -0.4 is 15.1 Å². The zero-order valence-corrected chi connectivity index (χ0v) is 16.0. The number of para-hydroxylation sites is 1. The fourth-order valence-electron chi connectivity index (χ4n) is 2.80. The largest absolute Gasteiger partial charge is 0.378 e. The van der Waals surface area contributed by atoms with Crippen molar-refractivity contribution in [3.63, 3.8) is 0 Å². The Balaban J connectivity index is 2.00. The van der Waals surface area contributed by atoms with Gasteiger partial charge in [0.25, 0.3) is 0 Å². The van der Waals surface area contributed by atoms with E-state index in [0.717, 1.165) is 29.0 Å². The highest BCUT2D eigenvalue weighted by atomic mass is 16.2. The number of hydrogen-bond acceptors (Lipinski definition) is 3. The highest BCUT2D eigenvalue weighted by molar-refractivity contribution is 5.95. The first-order chi connectivity index (χ1) is 12.4. The first-order valence-electron chi connectivity index (χ1n) is 8.85. The van der Waals surface area contributed by atoms with Crippen LogP contribution in [0.1, 0.15) is 25.8 Å². The monoisotopic (exact) mass is 353 g/mol. The molecule has 5 heteroatoms. The average Bonchev–Trinajstić information content (AvgIpc) is 2.62. The summed E-state index contributed by atoms with van der Waals surface area (Å²) in [5, 5.41) is 2.89. The van der Waals surface area contributed by atoms with E-state index in [9.17, 15) is 9.59 Å². The van der Waals surface area contributed by atoms with Gasteiger partial charge in [0.15, 0.2) is 0 Å². The fraction of sp³-hybridized carbons (Fsp3) is 0.333. The molecule has 0 heterocycles. The standard InChI is InChI=1S/C21H27N3O2/c1-5-17-8-6-7-9-20(17)24(16(2)25)15-14-21(26)22-18-10-12-19(13-11-18)23(3)4/h6-13H,5,14-15H2,1-4H3,(H,22,26). The molecule has 0 saturated carbocycles. The van der Waals surface area contributed by atoms with Crippen molar-refractivity contribution in [3.05, 3.63) is 54.1 Å². The Bertz CT molecular complexity index is 754. The maximum absolute atomic E-state index is 12.3. The van der Waals surface area contributed by atoms with Crippen LogP contribution in [0.3, 0.4) is 0 Å². The summed E-state index contributed by atoms with van der Waals surface area (Å²) >= 11 is 0. The number of carbonyl (C=O) groups excluding carboxylic acids is 2. The second-order valence-corrected chi connectivity index (χ2v) is 6.39. The molecular formula is C21H27N3O2. The molecule has 0 fully saturated rings. The summed E-state index contributed by atoms with van der Waals surface area (Å²) in [5.41, 5.74) is 3.80. The van der Waals surface area contributed by atoms with Crippen molar-refractivity contribution < 1.29 is 9.59 Å². The Morgan fingerprint density at radius 1 is 1.00 bits per heavy atom. The highest BCUT2D eigenvalue weighted by Crippen LogP contribution is 2.22. The second-order valence-electron chi connectivity index (χ2n) is 6.39. The Labute approximate surface area is 155 Å². The summed E-state index contributed by atoms with van der Waals surface area (Å²) in [6.07, 6.45) is 1.08. The molecule has 0 aliphatic rings. The van der Waals surface area contributed by atoms with Crippen LogP contribution in [0.5, 0.6) is 0 Å². The predicted octanol–water partition coefficient (Wildman–Crippen LogP) is 3.70. The first kappa shape index (κ1) is 19.5. The van der Waals surface area contributed by atoms with Gasteiger partial charge in [0, 0.05) is 51.0 Å². The molecule has 0 aromatic heterocycles. The quantitative estimate of drug-likeness (QED) is 0.826. The Morgan fingerprint density at radius 3 is 2.23 bits per heavy atom. The molecule has 0 spiro atoms. The zero-order chi connectivity index (χ0) is 19.1. The minimum absolute atomic E-state index is 0.0611. The number of anilines is 3. The van der Waals surface area contributed by atoms with Crippen molar-refractivity contribution in [2.24, 2.45) is 0 Å². The third-order valence-corrected chi connectivity index (χ3v) is 4.27. The molecule has 0 radical (unpaired) electrons. The number of hydrogen-bond donors (Lipinski definition) is 1. The molecule has 5 nitrogen and oxygen atoms in total. The van der Waals surface area contributed by atoms with Gasteiger partial charge in [-0.2, -0.15) is 0 Å². The average molecular weight is 353 g/mol. The van der Waals surface area contributed by atoms with Crippen LogP contribution in [-0.4, -0.2) is 32.5 Å². The summed E-state index contributed by atoms with van der Waals surface area (Å²) in [5.74, 6) is -0.170. The number of amides is 2. The van der Waals surface area contributed by atoms with Crippen LogP contribution in [0.2, 0.25) is 0 Å². The number of carbonyl (C=O) groups is 2. The molecule has 0 saturated heterocycles. The summed E-state index contributed by atoms with van der Waals surface area (Å²) in [4.78, 5) is 28.0. The molecule has 0 bridgehead atoms. The number of rotatable bonds is 7. The number of nitrogens with one attached hydrogen (secondary N) is 1. The smallest absolute Gasteiger partial charge is 0.226 e. The molecule has 26 heavy (non-hydrogen) atoms. The van der Waals surface area contributed by atoms with Crippen LogP contribution in [0.4, 0.5) is 17.1 Å². The third-order valence-electron chi connectivity index (χ3n) is 4.27. The molecule has 138 valence electrons. The SMILES string of the molecule is CCc1ccccc1N(CCC(=O)Nc1ccc(N(C)C)cc1)C(C)=O. The molecule has 0 unspecified atom stereocenters. The van der Waals surface area contributed by atoms with E-state index in [1.807, 2.05) is 67.5 Å². The van der Waals surface area contributed by atoms with Crippen LogP contribution in [0.15, 0.2) is 48.5 Å². The maximum atomic E-state index is 12.3. The second kappa shape index (κ2) is 9.04. The van der Waals surface area contributed by atoms with Gasteiger partial charge in [-0.1, -0.05) is 25.1 Å². The maximum Gasteiger partial charge on any atom is 0.226 e. The van der Waals surface area contributed by atoms with Crippen molar-refractivity contribution in [2.75, 3.05) is 35.8 Å². The van der Waals surface area contributed by atoms with Gasteiger partial charge >= 0.3 is 0 Å². The molecule has 1 N–H and O–H groups in total. The van der Waals surface area contributed by atoms with Gasteiger partial charge in [-0.15, -0.1) is 0 Å². The Kier molecular flexibility index (Phi) is 6.78. The predicted molar refractivity (Wildman–Crippen MR) is 108 cm³/mol. The number of benzene rings is 2. The van der Waals surface area contributed by atoms with Crippen molar-refractivity contribution in [3.8, 4) is 0 Å². The van der Waals surface area contributed by atoms with Crippen molar-refractivity contribution in [1.82, 2.24) is 0 Å². The van der Waals surface area contributed by atoms with Crippen LogP contribution in [-0.2, 0) is 16.0 Å². The van der Waals surface area contributed by atoms with E-state index in [2.05, 4.69) is 12.2 Å². The van der Waals surface area contributed by atoms with Crippen molar-refractivity contribution in [1.29, 1.82) is 0 Å². The molecule has 2 amide bonds. The lowest BCUT2D eigenvalue weighted by Crippen LogP contribution is -2.32. The topological polar surface area (TPSA) is 52.7 Å². The van der Waals surface area contributed by atoms with E-state index in [0.29, 0.717) is 6.54 Å². The van der Waals surface area contributed by atoms with Crippen molar-refractivity contribution in [2.45, 2.75) is 26.7 Å². The van der Waals surface area contributed by atoms with Gasteiger partial charge in [0.2, 0.25) is 11.8 Å². The van der Waals surface area contributed by atoms with Crippen LogP contribution in [0, 0.1) is 0 Å². The van der Waals surface area contributed by atoms with Gasteiger partial charge in [-0.3, -0.25) is 9.59 Å². The van der Waals surface area contributed by atoms with Gasteiger partial charge in [-0.05, 0) is 42.3 Å². The molecule has 0 aliphatic heterocycles. The minimum Gasteiger partial charge on any atom is -0.378 e. The van der Waals surface area contributed by atoms with E-state index in [1.165, 1.54) is 6.92 Å². The third kappa shape index (κ3) is 5.09. The van der Waals surface area contributed by atoms with Crippen LogP contribution in [0.25, 0.3) is 0 Å². The van der Waals surface area contributed by atoms with E-state index in [4.69, 9.17) is 0 Å². The fourth-order valence-corrected chi connectivity index (χ4v) is 2.80. The van der Waals surface area contributed by atoms with Gasteiger partial charge in [0.05, 0.1) is 0 Å². The summed E-state index contributed by atoms with van der Waals surface area (Å²) in [7, 11) is 3.94. The van der Waals surface area contributed by atoms with Gasteiger partial charge in [-0.25, -0.2) is 0 Å². The molecule has 2 aromatic rings. The summed E-state index contributed by atoms with van der Waals surface area (Å²) in [6.45, 7) is 3.94. The summed E-state index contributed by atoms with van der Waals surface area (Å²) in [6, 6.07) is 15.5. The minimum atomic E-state index is -0.108. The number of nitrogens with zero attached hydrogens (tertiary/aromatic N) is 2. The van der Waals surface area contributed by atoms with Crippen LogP contribution >= 0.6 is 0 Å². The zero-order valence-electron chi connectivity index (χ0n) is 16.0. The Morgan fingerprint density at radius 2 is 1.65 bits per heavy atom. The van der Waals surface area contributed by atoms with E-state index >= 15 is 0 Å². The van der Waals surface area contributed by atoms with E-state index in [-0.39, 0.29) is 18.2 Å². The van der Waals surface area contributed by atoms with Crippen molar-refractivity contribution >= 4 is 28.9 Å². The normalized spacial score (nSPS) is 10.3. The lowest BCUT2D eigenvalue weighted by atomic mass is 10.1. The van der Waals surface area contributed by atoms with Gasteiger partial charge < -0.3 is 15.1 Å². The molecule has 2 aromatic carbocycles. The number of aryl methyl sites for hydroxylation is 1. The first-order valence-corrected chi connectivity index (χ1v) is 8.85. The highest BCUT2D eigenvalue weighted by Gasteiger charge is 2.16. The summed E-state index contributed by atoms with van der Waals surface area (Å²) < 4.78 is 0. The molecule has 0 atom stereocenters. The van der Waals surface area contributed by atoms with Gasteiger partial charge in [0.1, 0.15) is 0 Å².